The van der Waals surface area contributed by atoms with Crippen LogP contribution < -0.4 is 5.32 Å². The standard InChI is InChI=1S/C21H30N2O5/c1-15(22-20(26)23-11-10-21(2,14-23)19(24)25)18(16-6-4-3-5-7-16)28-17-8-12-27-13-9-17/h3-7,15,17-18H,8-14H2,1-2H3,(H,22,26)(H,24,25). The van der Waals surface area contributed by atoms with Gasteiger partial charge in [-0.05, 0) is 38.7 Å². The van der Waals surface area contributed by atoms with E-state index < -0.39 is 11.4 Å². The molecule has 2 heterocycles. The molecule has 2 saturated heterocycles. The summed E-state index contributed by atoms with van der Waals surface area (Å²) < 4.78 is 11.8. The van der Waals surface area contributed by atoms with E-state index in [1.165, 1.54) is 0 Å². The minimum Gasteiger partial charge on any atom is -0.481 e. The molecule has 1 aromatic rings. The highest BCUT2D eigenvalue weighted by Gasteiger charge is 2.42. The predicted octanol–water partition coefficient (Wildman–Crippen LogP) is 2.82. The second-order valence-electron chi connectivity index (χ2n) is 8.05. The average molecular weight is 390 g/mol. The fourth-order valence-corrected chi connectivity index (χ4v) is 3.82. The molecule has 0 saturated carbocycles. The molecule has 2 N–H and O–H groups in total. The van der Waals surface area contributed by atoms with Crippen LogP contribution in [-0.2, 0) is 14.3 Å². The van der Waals surface area contributed by atoms with E-state index in [-0.39, 0.29) is 30.8 Å². The van der Waals surface area contributed by atoms with Gasteiger partial charge in [0.25, 0.3) is 0 Å². The van der Waals surface area contributed by atoms with E-state index in [1.807, 2.05) is 37.3 Å². The van der Waals surface area contributed by atoms with Crippen LogP contribution in [0.1, 0.15) is 44.8 Å². The summed E-state index contributed by atoms with van der Waals surface area (Å²) in [6.07, 6.45) is 1.97. The number of hydrogen-bond acceptors (Lipinski definition) is 4. The SMILES string of the molecule is CC(NC(=O)N1CCC(C)(C(=O)O)C1)C(OC1CCOCC1)c1ccccc1. The van der Waals surface area contributed by atoms with Crippen molar-refractivity contribution in [3.05, 3.63) is 35.9 Å². The number of ether oxygens (including phenoxy) is 2. The molecule has 7 nitrogen and oxygen atoms in total. The second-order valence-corrected chi connectivity index (χ2v) is 8.05. The third kappa shape index (κ3) is 4.83. The van der Waals surface area contributed by atoms with Crippen LogP contribution in [-0.4, -0.2) is 60.5 Å². The Kier molecular flexibility index (Phi) is 6.57. The van der Waals surface area contributed by atoms with Gasteiger partial charge < -0.3 is 24.8 Å². The number of carbonyl (C=O) groups is 2. The van der Waals surface area contributed by atoms with E-state index in [2.05, 4.69) is 5.32 Å². The Labute approximate surface area is 166 Å². The molecule has 0 spiro atoms. The predicted molar refractivity (Wildman–Crippen MR) is 104 cm³/mol. The number of amides is 2. The number of urea groups is 1. The zero-order valence-electron chi connectivity index (χ0n) is 16.6. The zero-order chi connectivity index (χ0) is 20.1. The Hall–Kier alpha value is -2.12. The van der Waals surface area contributed by atoms with Gasteiger partial charge in [0, 0.05) is 26.3 Å². The van der Waals surface area contributed by atoms with Crippen LogP contribution in [0.2, 0.25) is 0 Å². The number of carboxylic acid groups (broad SMARTS) is 1. The minimum absolute atomic E-state index is 0.0976. The molecule has 154 valence electrons. The van der Waals surface area contributed by atoms with Crippen molar-refractivity contribution in [2.45, 2.75) is 51.4 Å². The van der Waals surface area contributed by atoms with Gasteiger partial charge in [0.1, 0.15) is 6.10 Å². The van der Waals surface area contributed by atoms with Crippen molar-refractivity contribution in [3.8, 4) is 0 Å². The van der Waals surface area contributed by atoms with Crippen LogP contribution in [0.15, 0.2) is 30.3 Å². The molecule has 1 aromatic carbocycles. The molecule has 28 heavy (non-hydrogen) atoms. The molecule has 2 aliphatic heterocycles. The van der Waals surface area contributed by atoms with Gasteiger partial charge in [0.05, 0.1) is 17.6 Å². The first-order valence-corrected chi connectivity index (χ1v) is 9.96. The molecule has 2 aliphatic rings. The Morgan fingerprint density at radius 1 is 1.29 bits per heavy atom. The van der Waals surface area contributed by atoms with Gasteiger partial charge in [0.15, 0.2) is 0 Å². The maximum Gasteiger partial charge on any atom is 0.317 e. The molecule has 2 amide bonds. The zero-order valence-corrected chi connectivity index (χ0v) is 16.6. The number of hydrogen-bond donors (Lipinski definition) is 2. The molecule has 0 aliphatic carbocycles. The summed E-state index contributed by atoms with van der Waals surface area (Å²) in [6, 6.07) is 9.39. The van der Waals surface area contributed by atoms with E-state index in [1.54, 1.807) is 11.8 Å². The Bertz CT molecular complexity index is 677. The van der Waals surface area contributed by atoms with E-state index in [4.69, 9.17) is 9.47 Å². The van der Waals surface area contributed by atoms with E-state index in [9.17, 15) is 14.7 Å². The van der Waals surface area contributed by atoms with Crippen LogP contribution in [0.25, 0.3) is 0 Å². The molecule has 3 rings (SSSR count). The Balaban J connectivity index is 1.66. The summed E-state index contributed by atoms with van der Waals surface area (Å²) in [4.78, 5) is 25.8. The quantitative estimate of drug-likeness (QED) is 0.780. The average Bonchev–Trinajstić information content (AvgIpc) is 3.11. The van der Waals surface area contributed by atoms with Crippen molar-refractivity contribution in [2.75, 3.05) is 26.3 Å². The number of carbonyl (C=O) groups excluding carboxylic acids is 1. The lowest BCUT2D eigenvalue weighted by Crippen LogP contribution is -2.47. The van der Waals surface area contributed by atoms with Crippen molar-refractivity contribution in [2.24, 2.45) is 5.41 Å². The normalized spacial score (nSPS) is 25.3. The summed E-state index contributed by atoms with van der Waals surface area (Å²) in [5, 5.41) is 12.4. The van der Waals surface area contributed by atoms with Crippen LogP contribution in [0, 0.1) is 5.41 Å². The number of carboxylic acids is 1. The molecule has 2 fully saturated rings. The number of rotatable bonds is 6. The summed E-state index contributed by atoms with van der Waals surface area (Å²) in [7, 11) is 0. The lowest BCUT2D eigenvalue weighted by molar-refractivity contribution is -0.147. The van der Waals surface area contributed by atoms with Crippen LogP contribution in [0.3, 0.4) is 0 Å². The third-order valence-corrected chi connectivity index (χ3v) is 5.72. The maximum absolute atomic E-state index is 12.7. The molecule has 3 atom stereocenters. The summed E-state index contributed by atoms with van der Waals surface area (Å²) in [5.41, 5.74) is 0.136. The molecular formula is C21H30N2O5. The minimum atomic E-state index is -0.877. The highest BCUT2D eigenvalue weighted by atomic mass is 16.5. The number of aliphatic carboxylic acids is 1. The Morgan fingerprint density at radius 2 is 1.96 bits per heavy atom. The lowest BCUT2D eigenvalue weighted by Gasteiger charge is -2.32. The Morgan fingerprint density at radius 3 is 2.57 bits per heavy atom. The number of nitrogens with zero attached hydrogens (tertiary/aromatic N) is 1. The van der Waals surface area contributed by atoms with E-state index in [0.717, 1.165) is 18.4 Å². The van der Waals surface area contributed by atoms with Crippen molar-refractivity contribution < 1.29 is 24.2 Å². The first-order valence-electron chi connectivity index (χ1n) is 9.96. The summed E-state index contributed by atoms with van der Waals surface area (Å²) in [5.74, 6) is -0.860. The van der Waals surface area contributed by atoms with E-state index >= 15 is 0 Å². The third-order valence-electron chi connectivity index (χ3n) is 5.72. The van der Waals surface area contributed by atoms with Crippen molar-refractivity contribution in [1.82, 2.24) is 10.2 Å². The van der Waals surface area contributed by atoms with Gasteiger partial charge >= 0.3 is 12.0 Å². The highest BCUT2D eigenvalue weighted by Crippen LogP contribution is 2.31. The number of benzene rings is 1. The topological polar surface area (TPSA) is 88.1 Å². The van der Waals surface area contributed by atoms with Crippen LogP contribution >= 0.6 is 0 Å². The number of likely N-dealkylation sites (tertiary alicyclic amines) is 1. The lowest BCUT2D eigenvalue weighted by atomic mass is 9.90. The second kappa shape index (κ2) is 8.92. The van der Waals surface area contributed by atoms with Gasteiger partial charge in [-0.3, -0.25) is 4.79 Å². The van der Waals surface area contributed by atoms with Crippen LogP contribution in [0.5, 0.6) is 0 Å². The molecular weight excluding hydrogens is 360 g/mol. The molecule has 0 aromatic heterocycles. The van der Waals surface area contributed by atoms with Crippen molar-refractivity contribution >= 4 is 12.0 Å². The number of nitrogens with one attached hydrogen (secondary N) is 1. The fraction of sp³-hybridized carbons (Fsp3) is 0.619. The molecule has 0 radical (unpaired) electrons. The van der Waals surface area contributed by atoms with Crippen molar-refractivity contribution in [3.63, 3.8) is 0 Å². The summed E-state index contributed by atoms with van der Waals surface area (Å²) in [6.45, 7) is 5.66. The highest BCUT2D eigenvalue weighted by molar-refractivity contribution is 5.79. The first-order chi connectivity index (χ1) is 13.4. The van der Waals surface area contributed by atoms with Crippen molar-refractivity contribution in [1.29, 1.82) is 0 Å². The molecule has 3 unspecified atom stereocenters. The van der Waals surface area contributed by atoms with Gasteiger partial charge in [-0.25, -0.2) is 4.79 Å². The van der Waals surface area contributed by atoms with Crippen LogP contribution in [0.4, 0.5) is 4.79 Å². The van der Waals surface area contributed by atoms with Gasteiger partial charge in [-0.2, -0.15) is 0 Å². The first kappa shape index (κ1) is 20.6. The fourth-order valence-electron chi connectivity index (χ4n) is 3.82. The molecule has 7 heteroatoms. The smallest absolute Gasteiger partial charge is 0.317 e. The van der Waals surface area contributed by atoms with E-state index in [0.29, 0.717) is 26.2 Å². The van der Waals surface area contributed by atoms with Gasteiger partial charge in [-0.1, -0.05) is 30.3 Å². The largest absolute Gasteiger partial charge is 0.481 e. The monoisotopic (exact) mass is 390 g/mol. The summed E-state index contributed by atoms with van der Waals surface area (Å²) >= 11 is 0. The van der Waals surface area contributed by atoms with Gasteiger partial charge in [-0.15, -0.1) is 0 Å². The maximum atomic E-state index is 12.7. The van der Waals surface area contributed by atoms with Gasteiger partial charge in [0.2, 0.25) is 0 Å². The molecule has 0 bridgehead atoms.